The third kappa shape index (κ3) is 14.8. The van der Waals surface area contributed by atoms with Gasteiger partial charge in [-0.3, -0.25) is 33.6 Å². The van der Waals surface area contributed by atoms with E-state index in [1.807, 2.05) is 6.08 Å². The highest BCUT2D eigenvalue weighted by atomic mass is 16.5. The summed E-state index contributed by atoms with van der Waals surface area (Å²) in [5.41, 5.74) is 11.5. The molecule has 1 aliphatic rings. The third-order valence-corrected chi connectivity index (χ3v) is 7.88. The summed E-state index contributed by atoms with van der Waals surface area (Å²) in [6, 6.07) is -0.941. The molecule has 1 aromatic carbocycles. The van der Waals surface area contributed by atoms with Crippen LogP contribution in [0.3, 0.4) is 0 Å². The number of rotatable bonds is 12. The molecule has 10 N–H and O–H groups in total. The lowest BCUT2D eigenvalue weighted by atomic mass is 10.0. The van der Waals surface area contributed by atoms with E-state index in [0.29, 0.717) is 0 Å². The summed E-state index contributed by atoms with van der Waals surface area (Å²) in [5.74, 6) is -8.76. The second-order valence-corrected chi connectivity index (χ2v) is 13.1. The average molecular weight is 752 g/mol. The van der Waals surface area contributed by atoms with Crippen molar-refractivity contribution in [3.8, 4) is 5.75 Å². The summed E-state index contributed by atoms with van der Waals surface area (Å²) in [7, 11) is 0. The maximum absolute atomic E-state index is 13.7. The smallest absolute Gasteiger partial charge is 0.329 e. The van der Waals surface area contributed by atoms with E-state index in [9.17, 15) is 43.5 Å². The Labute approximate surface area is 313 Å². The molecule has 17 heteroatoms. The van der Waals surface area contributed by atoms with Crippen molar-refractivity contribution in [2.45, 2.75) is 83.8 Å². The van der Waals surface area contributed by atoms with Gasteiger partial charge in [0.15, 0.2) is 0 Å². The van der Waals surface area contributed by atoms with E-state index in [0.717, 1.165) is 11.6 Å². The highest BCUT2D eigenvalue weighted by molar-refractivity contribution is 5.99. The van der Waals surface area contributed by atoms with E-state index in [1.54, 1.807) is 82.3 Å². The van der Waals surface area contributed by atoms with Gasteiger partial charge in [0, 0.05) is 6.08 Å². The number of hydrogen-bond donors (Lipinski definition) is 8. The first-order valence-corrected chi connectivity index (χ1v) is 17.2. The zero-order valence-electron chi connectivity index (χ0n) is 30.7. The maximum Gasteiger partial charge on any atom is 0.329 e. The first-order valence-electron chi connectivity index (χ1n) is 17.2. The van der Waals surface area contributed by atoms with Crippen molar-refractivity contribution >= 4 is 53.4 Å². The van der Waals surface area contributed by atoms with Gasteiger partial charge in [-0.1, -0.05) is 82.4 Å². The normalized spacial score (nSPS) is 23.7. The van der Waals surface area contributed by atoms with Gasteiger partial charge in [-0.05, 0) is 36.5 Å². The molecule has 0 radical (unpaired) electrons. The van der Waals surface area contributed by atoms with Crippen LogP contribution in [0, 0.1) is 11.8 Å². The van der Waals surface area contributed by atoms with Crippen LogP contribution in [0.2, 0.25) is 0 Å². The van der Waals surface area contributed by atoms with Gasteiger partial charge in [-0.2, -0.15) is 0 Å². The van der Waals surface area contributed by atoms with Crippen molar-refractivity contribution in [2.75, 3.05) is 0 Å². The number of allylic oxidation sites excluding steroid dienone is 6. The molecule has 1 heterocycles. The van der Waals surface area contributed by atoms with E-state index in [-0.39, 0.29) is 5.75 Å². The number of esters is 1. The molecule has 6 unspecified atom stereocenters. The molecule has 0 saturated carbocycles. The maximum atomic E-state index is 13.7. The van der Waals surface area contributed by atoms with Crippen molar-refractivity contribution in [1.82, 2.24) is 26.6 Å². The summed E-state index contributed by atoms with van der Waals surface area (Å²) in [6.07, 6.45) is 9.95. The standard InChI is InChI=1S/C37H49N7O10/c1-20(2)30-35(51)41-25(18-27(38)46)33(49)40-26(19-28(39)47)34(50)44-31(21(3)4)37(53)54-22(5)32(36(52)43-30)42-29(48)13-11-9-7-6-8-10-12-23-14-16-24(45)17-15-23/h6-17,20-22,25-26,30-32,45H,18-19H2,1-5H3,(H2,38,46)(H2,39,47)(H,40,49)(H,41,51)(H,42,48)(H,43,52)(H,44,50). The number of hydrogen-bond acceptors (Lipinski definition) is 10. The Kier molecular flexibility index (Phi) is 17.3. The average Bonchev–Trinajstić information content (AvgIpc) is 3.08. The van der Waals surface area contributed by atoms with E-state index >= 15 is 0 Å². The molecule has 0 aliphatic carbocycles. The molecular weight excluding hydrogens is 702 g/mol. The number of primary amides is 2. The third-order valence-electron chi connectivity index (χ3n) is 7.88. The molecule has 2 rings (SSSR count). The van der Waals surface area contributed by atoms with Crippen LogP contribution in [0.1, 0.15) is 53.0 Å². The molecule has 0 bridgehead atoms. The second-order valence-electron chi connectivity index (χ2n) is 13.1. The van der Waals surface area contributed by atoms with Crippen molar-refractivity contribution in [1.29, 1.82) is 0 Å². The minimum atomic E-state index is -1.65. The quantitative estimate of drug-likeness (QED) is 0.0771. The first-order chi connectivity index (χ1) is 25.4. The Bertz CT molecular complexity index is 1670. The van der Waals surface area contributed by atoms with Crippen molar-refractivity contribution in [3.05, 3.63) is 72.4 Å². The number of carbonyl (C=O) groups is 8. The van der Waals surface area contributed by atoms with E-state index in [1.165, 1.54) is 13.0 Å². The Morgan fingerprint density at radius 1 is 0.722 bits per heavy atom. The molecule has 0 spiro atoms. The van der Waals surface area contributed by atoms with Gasteiger partial charge in [0.05, 0.1) is 12.8 Å². The summed E-state index contributed by atoms with van der Waals surface area (Å²) < 4.78 is 5.57. The van der Waals surface area contributed by atoms with Gasteiger partial charge >= 0.3 is 5.97 Å². The number of ether oxygens (including phenoxy) is 1. The van der Waals surface area contributed by atoms with Crippen LogP contribution in [0.15, 0.2) is 66.8 Å². The van der Waals surface area contributed by atoms with Crippen molar-refractivity contribution in [2.24, 2.45) is 23.3 Å². The first kappa shape index (κ1) is 43.9. The molecule has 6 atom stereocenters. The van der Waals surface area contributed by atoms with Gasteiger partial charge in [0.1, 0.15) is 42.1 Å². The molecule has 54 heavy (non-hydrogen) atoms. The number of aromatic hydroxyl groups is 1. The van der Waals surface area contributed by atoms with Crippen LogP contribution in [-0.2, 0) is 43.1 Å². The van der Waals surface area contributed by atoms with Gasteiger partial charge in [-0.25, -0.2) is 4.79 Å². The largest absolute Gasteiger partial charge is 0.508 e. The SMILES string of the molecule is CC(C)C1NC(=O)C(NC(=O)C=CC=CC=CC=Cc2ccc(O)cc2)C(C)OC(=O)C(C(C)C)NC(=O)C(CC(N)=O)NC(=O)C(CC(N)=O)NC1=O. The number of nitrogens with one attached hydrogen (secondary N) is 5. The van der Waals surface area contributed by atoms with Crippen LogP contribution >= 0.6 is 0 Å². The minimum absolute atomic E-state index is 0.160. The second kappa shape index (κ2) is 21.3. The number of nitrogens with two attached hydrogens (primary N) is 2. The van der Waals surface area contributed by atoms with Crippen LogP contribution in [-0.4, -0.2) is 88.7 Å². The predicted molar refractivity (Wildman–Crippen MR) is 197 cm³/mol. The lowest BCUT2D eigenvalue weighted by Crippen LogP contribution is -2.62. The molecule has 1 saturated heterocycles. The molecule has 0 aromatic heterocycles. The molecular formula is C37H49N7O10. The summed E-state index contributed by atoms with van der Waals surface area (Å²) in [6.45, 7) is 7.64. The van der Waals surface area contributed by atoms with Gasteiger partial charge < -0.3 is 47.9 Å². The molecule has 17 nitrogen and oxygen atoms in total. The number of amides is 7. The lowest BCUT2D eigenvalue weighted by molar-refractivity contribution is -0.157. The highest BCUT2D eigenvalue weighted by Crippen LogP contribution is 2.13. The zero-order chi connectivity index (χ0) is 40.5. The monoisotopic (exact) mass is 751 g/mol. The predicted octanol–water partition coefficient (Wildman–Crippen LogP) is -0.494. The fourth-order valence-corrected chi connectivity index (χ4v) is 4.96. The number of cyclic esters (lactones) is 1. The van der Waals surface area contributed by atoms with Crippen LogP contribution in [0.4, 0.5) is 0 Å². The Morgan fingerprint density at radius 2 is 1.20 bits per heavy atom. The van der Waals surface area contributed by atoms with Gasteiger partial charge in [0.25, 0.3) is 0 Å². The van der Waals surface area contributed by atoms with Crippen molar-refractivity contribution in [3.63, 3.8) is 0 Å². The van der Waals surface area contributed by atoms with Gasteiger partial charge in [0.2, 0.25) is 41.4 Å². The Hall–Kier alpha value is -6.26. The fraction of sp³-hybridized carbons (Fsp3) is 0.405. The number of benzene rings is 1. The van der Waals surface area contributed by atoms with Gasteiger partial charge in [-0.15, -0.1) is 0 Å². The zero-order valence-corrected chi connectivity index (χ0v) is 30.7. The fourth-order valence-electron chi connectivity index (χ4n) is 4.96. The Balaban J connectivity index is 2.41. The van der Waals surface area contributed by atoms with E-state index in [4.69, 9.17) is 16.2 Å². The van der Waals surface area contributed by atoms with E-state index < -0.39 is 108 Å². The number of phenols is 1. The Morgan fingerprint density at radius 3 is 1.74 bits per heavy atom. The van der Waals surface area contributed by atoms with Crippen LogP contribution in [0.5, 0.6) is 5.75 Å². The molecule has 1 aromatic rings. The van der Waals surface area contributed by atoms with Crippen LogP contribution in [0.25, 0.3) is 6.08 Å². The number of phenolic OH excluding ortho intramolecular Hbond substituents is 1. The molecule has 1 fully saturated rings. The molecule has 292 valence electrons. The lowest BCUT2D eigenvalue weighted by Gasteiger charge is -2.31. The topological polar surface area (TPSA) is 278 Å². The molecule has 1 aliphatic heterocycles. The van der Waals surface area contributed by atoms with Crippen LogP contribution < -0.4 is 38.1 Å². The minimum Gasteiger partial charge on any atom is -0.508 e. The number of carbonyl (C=O) groups excluding carboxylic acids is 8. The summed E-state index contributed by atoms with van der Waals surface area (Å²) >= 11 is 0. The van der Waals surface area contributed by atoms with Crippen molar-refractivity contribution < 1.29 is 48.2 Å². The highest BCUT2D eigenvalue weighted by Gasteiger charge is 2.38. The summed E-state index contributed by atoms with van der Waals surface area (Å²) in [4.78, 5) is 104. The van der Waals surface area contributed by atoms with E-state index in [2.05, 4.69) is 26.6 Å². The summed E-state index contributed by atoms with van der Waals surface area (Å²) in [5, 5.41) is 21.4. The molecule has 7 amide bonds.